The third-order valence-electron chi connectivity index (χ3n) is 3.66. The largest absolute Gasteiger partial charge is 0.494 e. The second-order valence-electron chi connectivity index (χ2n) is 5.47. The average molecular weight is 346 g/mol. The van der Waals surface area contributed by atoms with Crippen LogP contribution in [0, 0.1) is 0 Å². The Kier molecular flexibility index (Phi) is 6.30. The number of hydrogen-bond donors (Lipinski definition) is 1. The number of hydrogen-bond acceptors (Lipinski definition) is 3. The summed E-state index contributed by atoms with van der Waals surface area (Å²) in [6.07, 6.45) is -3.66. The highest BCUT2D eigenvalue weighted by Gasteiger charge is 2.37. The predicted octanol–water partition coefficient (Wildman–Crippen LogP) is 3.66. The molecule has 2 rings (SSSR count). The van der Waals surface area contributed by atoms with E-state index in [0.717, 1.165) is 4.90 Å². The van der Waals surface area contributed by atoms with Crippen LogP contribution < -0.4 is 10.1 Å². The molecule has 1 aliphatic rings. The Morgan fingerprint density at radius 1 is 1.29 bits per heavy atom. The highest BCUT2D eigenvalue weighted by Crippen LogP contribution is 2.24. The summed E-state index contributed by atoms with van der Waals surface area (Å²) in [6.45, 7) is 1.79. The number of amides is 2. The normalized spacial score (nSPS) is 15.8. The van der Waals surface area contributed by atoms with Crippen molar-refractivity contribution < 1.29 is 27.4 Å². The van der Waals surface area contributed by atoms with Crippen LogP contribution in [0.15, 0.2) is 24.3 Å². The van der Waals surface area contributed by atoms with Gasteiger partial charge >= 0.3 is 12.2 Å². The average Bonchev–Trinajstić information content (AvgIpc) is 2.55. The fourth-order valence-electron chi connectivity index (χ4n) is 2.55. The van der Waals surface area contributed by atoms with E-state index in [-0.39, 0.29) is 0 Å². The van der Waals surface area contributed by atoms with Crippen LogP contribution in [0.25, 0.3) is 0 Å². The monoisotopic (exact) mass is 346 g/mol. The van der Waals surface area contributed by atoms with Gasteiger partial charge in [-0.2, -0.15) is 13.2 Å². The topological polar surface area (TPSA) is 50.8 Å². The van der Waals surface area contributed by atoms with Gasteiger partial charge in [0.2, 0.25) is 0 Å². The fraction of sp³-hybridized carbons (Fsp3) is 0.562. The number of nitrogens with one attached hydrogen (secondary N) is 1. The fourth-order valence-corrected chi connectivity index (χ4v) is 2.55. The summed E-state index contributed by atoms with van der Waals surface area (Å²) in [5, 5.41) is 2.52. The Morgan fingerprint density at radius 3 is 2.46 bits per heavy atom. The molecule has 0 radical (unpaired) electrons. The quantitative estimate of drug-likeness (QED) is 0.885. The Bertz CT molecular complexity index is 528. The Morgan fingerprint density at radius 2 is 1.92 bits per heavy atom. The molecule has 134 valence electrons. The first-order chi connectivity index (χ1) is 11.4. The standard InChI is InChI=1S/C16H21F3N2O3/c1-2-24-14-5-3-12(4-6-14)20-15(22)21(11-16(17,18)19)13-7-9-23-10-8-13/h3-6,13H,2,7-11H2,1H3,(H,20,22). The number of anilines is 1. The van der Waals surface area contributed by atoms with E-state index < -0.39 is 24.8 Å². The second-order valence-corrected chi connectivity index (χ2v) is 5.47. The number of nitrogens with zero attached hydrogens (tertiary/aromatic N) is 1. The lowest BCUT2D eigenvalue weighted by Gasteiger charge is -2.34. The number of rotatable bonds is 5. The van der Waals surface area contributed by atoms with Crippen molar-refractivity contribution in [3.63, 3.8) is 0 Å². The van der Waals surface area contributed by atoms with Crippen molar-refractivity contribution in [2.24, 2.45) is 0 Å². The van der Waals surface area contributed by atoms with Crippen molar-refractivity contribution in [2.45, 2.75) is 32.0 Å². The lowest BCUT2D eigenvalue weighted by molar-refractivity contribution is -0.146. The molecule has 0 unspecified atom stereocenters. The highest BCUT2D eigenvalue weighted by atomic mass is 19.4. The molecule has 1 aliphatic heterocycles. The first-order valence-electron chi connectivity index (χ1n) is 7.84. The summed E-state index contributed by atoms with van der Waals surface area (Å²) < 4.78 is 48.9. The van der Waals surface area contributed by atoms with Crippen molar-refractivity contribution in [3.8, 4) is 5.75 Å². The minimum absolute atomic E-state index is 0.357. The number of ether oxygens (including phenoxy) is 2. The van der Waals surface area contributed by atoms with E-state index >= 15 is 0 Å². The van der Waals surface area contributed by atoms with Gasteiger partial charge in [0.15, 0.2) is 0 Å². The summed E-state index contributed by atoms with van der Waals surface area (Å²) in [5.74, 6) is 0.632. The zero-order chi connectivity index (χ0) is 17.6. The van der Waals surface area contributed by atoms with Crippen LogP contribution in [0.2, 0.25) is 0 Å². The van der Waals surface area contributed by atoms with E-state index in [4.69, 9.17) is 9.47 Å². The zero-order valence-electron chi connectivity index (χ0n) is 13.4. The molecule has 0 atom stereocenters. The number of benzene rings is 1. The third kappa shape index (κ3) is 5.59. The molecule has 1 aromatic rings. The molecule has 1 N–H and O–H groups in total. The maximum absolute atomic E-state index is 12.8. The Labute approximate surface area is 138 Å². The van der Waals surface area contributed by atoms with Crippen molar-refractivity contribution in [1.82, 2.24) is 4.90 Å². The van der Waals surface area contributed by atoms with Gasteiger partial charge in [-0.25, -0.2) is 4.79 Å². The van der Waals surface area contributed by atoms with Gasteiger partial charge in [0.1, 0.15) is 12.3 Å². The van der Waals surface area contributed by atoms with Crippen LogP contribution in [-0.2, 0) is 4.74 Å². The van der Waals surface area contributed by atoms with E-state index in [1.807, 2.05) is 6.92 Å². The number of carbonyl (C=O) groups excluding carboxylic acids is 1. The van der Waals surface area contributed by atoms with E-state index in [9.17, 15) is 18.0 Å². The second kappa shape index (κ2) is 8.23. The molecule has 0 aliphatic carbocycles. The molecule has 1 fully saturated rings. The van der Waals surface area contributed by atoms with Gasteiger partial charge in [-0.1, -0.05) is 0 Å². The molecular weight excluding hydrogens is 325 g/mol. The lowest BCUT2D eigenvalue weighted by Crippen LogP contribution is -2.49. The zero-order valence-corrected chi connectivity index (χ0v) is 13.4. The molecule has 1 aromatic carbocycles. The maximum Gasteiger partial charge on any atom is 0.406 e. The minimum atomic E-state index is -4.45. The maximum atomic E-state index is 12.8. The summed E-state index contributed by atoms with van der Waals surface area (Å²) in [4.78, 5) is 13.2. The third-order valence-corrected chi connectivity index (χ3v) is 3.66. The van der Waals surface area contributed by atoms with Gasteiger partial charge in [0.05, 0.1) is 6.61 Å². The summed E-state index contributed by atoms with van der Waals surface area (Å²) in [6, 6.07) is 5.26. The molecule has 0 aromatic heterocycles. The van der Waals surface area contributed by atoms with E-state index in [0.29, 0.717) is 44.1 Å². The van der Waals surface area contributed by atoms with Crippen molar-refractivity contribution in [1.29, 1.82) is 0 Å². The van der Waals surface area contributed by atoms with Gasteiger partial charge in [-0.05, 0) is 44.0 Å². The number of carbonyl (C=O) groups is 1. The van der Waals surface area contributed by atoms with Crippen LogP contribution >= 0.6 is 0 Å². The lowest BCUT2D eigenvalue weighted by atomic mass is 10.1. The summed E-state index contributed by atoms with van der Waals surface area (Å²) in [5.41, 5.74) is 0.419. The predicted molar refractivity (Wildman–Crippen MR) is 83.2 cm³/mol. The van der Waals surface area contributed by atoms with Crippen LogP contribution in [0.3, 0.4) is 0 Å². The van der Waals surface area contributed by atoms with E-state index in [1.54, 1.807) is 24.3 Å². The molecule has 0 saturated carbocycles. The Balaban J connectivity index is 2.05. The Hall–Kier alpha value is -1.96. The first kappa shape index (κ1) is 18.4. The molecule has 1 saturated heterocycles. The minimum Gasteiger partial charge on any atom is -0.494 e. The van der Waals surface area contributed by atoms with Crippen LogP contribution in [0.4, 0.5) is 23.7 Å². The number of urea groups is 1. The summed E-state index contributed by atoms with van der Waals surface area (Å²) >= 11 is 0. The van der Waals surface area contributed by atoms with Crippen molar-refractivity contribution >= 4 is 11.7 Å². The van der Waals surface area contributed by atoms with Crippen molar-refractivity contribution in [3.05, 3.63) is 24.3 Å². The molecular formula is C16H21F3N2O3. The van der Waals surface area contributed by atoms with E-state index in [1.165, 1.54) is 0 Å². The van der Waals surface area contributed by atoms with E-state index in [2.05, 4.69) is 5.32 Å². The molecule has 24 heavy (non-hydrogen) atoms. The highest BCUT2D eigenvalue weighted by molar-refractivity contribution is 5.89. The van der Waals surface area contributed by atoms with Crippen molar-refractivity contribution in [2.75, 3.05) is 31.7 Å². The summed E-state index contributed by atoms with van der Waals surface area (Å²) in [7, 11) is 0. The van der Waals surface area contributed by atoms with Crippen LogP contribution in [-0.4, -0.2) is 49.5 Å². The molecule has 2 amide bonds. The SMILES string of the molecule is CCOc1ccc(NC(=O)N(CC(F)(F)F)C2CCOCC2)cc1. The molecule has 0 bridgehead atoms. The van der Waals surface area contributed by atoms with Crippen LogP contribution in [0.1, 0.15) is 19.8 Å². The van der Waals surface area contributed by atoms with Gasteiger partial charge in [-0.3, -0.25) is 0 Å². The van der Waals surface area contributed by atoms with Gasteiger partial charge in [0, 0.05) is 24.9 Å². The van der Waals surface area contributed by atoms with Gasteiger partial charge in [0.25, 0.3) is 0 Å². The number of alkyl halides is 3. The molecule has 0 spiro atoms. The number of halogens is 3. The van der Waals surface area contributed by atoms with Gasteiger partial charge in [-0.15, -0.1) is 0 Å². The molecule has 1 heterocycles. The molecule has 5 nitrogen and oxygen atoms in total. The van der Waals surface area contributed by atoms with Gasteiger partial charge < -0.3 is 19.7 Å². The first-order valence-corrected chi connectivity index (χ1v) is 7.84. The smallest absolute Gasteiger partial charge is 0.406 e. The molecule has 8 heteroatoms. The van der Waals surface area contributed by atoms with Crippen LogP contribution in [0.5, 0.6) is 5.75 Å².